The van der Waals surface area contributed by atoms with Crippen molar-refractivity contribution >= 4 is 28.6 Å². The van der Waals surface area contributed by atoms with Gasteiger partial charge in [-0.25, -0.2) is 4.98 Å². The van der Waals surface area contributed by atoms with E-state index in [9.17, 15) is 4.79 Å². The molecule has 0 radical (unpaired) electrons. The van der Waals surface area contributed by atoms with Gasteiger partial charge in [0.2, 0.25) is 5.91 Å². The van der Waals surface area contributed by atoms with E-state index in [1.165, 1.54) is 4.88 Å². The van der Waals surface area contributed by atoms with Crippen molar-refractivity contribution in [3.8, 4) is 0 Å². The van der Waals surface area contributed by atoms with Crippen molar-refractivity contribution in [3.63, 3.8) is 0 Å². The number of nitrogens with one attached hydrogen (secondary N) is 2. The van der Waals surface area contributed by atoms with E-state index in [-0.39, 0.29) is 11.9 Å². The molecule has 0 aliphatic carbocycles. The summed E-state index contributed by atoms with van der Waals surface area (Å²) in [6, 6.07) is 7.90. The summed E-state index contributed by atoms with van der Waals surface area (Å²) in [7, 11) is 0. The van der Waals surface area contributed by atoms with Crippen molar-refractivity contribution in [2.45, 2.75) is 40.2 Å². The Morgan fingerprint density at radius 3 is 2.38 bits per heavy atom. The Bertz CT molecular complexity index is 619. The van der Waals surface area contributed by atoms with Gasteiger partial charge in [0.05, 0.1) is 16.7 Å². The fraction of sp³-hybridized carbons (Fsp3) is 0.375. The quantitative estimate of drug-likeness (QED) is 0.866. The van der Waals surface area contributed by atoms with Gasteiger partial charge in [-0.3, -0.25) is 4.79 Å². The van der Waals surface area contributed by atoms with Crippen molar-refractivity contribution in [2.75, 3.05) is 10.6 Å². The highest BCUT2D eigenvalue weighted by atomic mass is 32.1. The zero-order valence-corrected chi connectivity index (χ0v) is 13.7. The normalized spacial score (nSPS) is 12.0. The SMILES string of the molecule is CCC(=O)Nc1ccc(NC(C)c2nc(C)sc2C)cc1. The van der Waals surface area contributed by atoms with Crippen molar-refractivity contribution in [1.29, 1.82) is 0 Å². The number of anilines is 2. The van der Waals surface area contributed by atoms with Gasteiger partial charge in [0.1, 0.15) is 0 Å². The number of thiazole rings is 1. The first-order valence-corrected chi connectivity index (χ1v) is 7.91. The molecule has 0 aliphatic heterocycles. The highest BCUT2D eigenvalue weighted by Crippen LogP contribution is 2.26. The van der Waals surface area contributed by atoms with E-state index in [0.717, 1.165) is 22.1 Å². The number of nitrogens with zero attached hydrogens (tertiary/aromatic N) is 1. The molecule has 0 saturated heterocycles. The van der Waals surface area contributed by atoms with Crippen LogP contribution in [0.3, 0.4) is 0 Å². The zero-order valence-electron chi connectivity index (χ0n) is 12.9. The van der Waals surface area contributed by atoms with Gasteiger partial charge < -0.3 is 10.6 Å². The first-order chi connectivity index (χ1) is 9.99. The summed E-state index contributed by atoms with van der Waals surface area (Å²) < 4.78 is 0. The second-order valence-corrected chi connectivity index (χ2v) is 6.43. The lowest BCUT2D eigenvalue weighted by Crippen LogP contribution is -2.10. The lowest BCUT2D eigenvalue weighted by atomic mass is 10.2. The number of hydrogen-bond donors (Lipinski definition) is 2. The Hall–Kier alpha value is -1.88. The molecule has 1 heterocycles. The van der Waals surface area contributed by atoms with E-state index in [1.54, 1.807) is 11.3 Å². The van der Waals surface area contributed by atoms with Gasteiger partial charge in [-0.2, -0.15) is 0 Å². The van der Waals surface area contributed by atoms with E-state index in [1.807, 2.05) is 38.1 Å². The summed E-state index contributed by atoms with van der Waals surface area (Å²) in [6.07, 6.45) is 0.486. The number of carbonyl (C=O) groups is 1. The van der Waals surface area contributed by atoms with E-state index in [0.29, 0.717) is 6.42 Å². The van der Waals surface area contributed by atoms with Crippen LogP contribution >= 0.6 is 11.3 Å². The second-order valence-electron chi connectivity index (χ2n) is 5.02. The monoisotopic (exact) mass is 303 g/mol. The third kappa shape index (κ3) is 4.04. The standard InChI is InChI=1S/C16H21N3OS/c1-5-15(20)19-14-8-6-13(7-9-14)17-10(2)16-11(3)21-12(4)18-16/h6-10,17H,5H2,1-4H3,(H,19,20). The van der Waals surface area contributed by atoms with Crippen LogP contribution in [-0.4, -0.2) is 10.9 Å². The van der Waals surface area contributed by atoms with Crippen LogP contribution in [0, 0.1) is 13.8 Å². The summed E-state index contributed by atoms with van der Waals surface area (Å²) >= 11 is 1.72. The van der Waals surface area contributed by atoms with E-state index >= 15 is 0 Å². The number of rotatable bonds is 5. The molecular weight excluding hydrogens is 282 g/mol. The van der Waals surface area contributed by atoms with Gasteiger partial charge in [0.25, 0.3) is 0 Å². The van der Waals surface area contributed by atoms with Crippen LogP contribution in [0.2, 0.25) is 0 Å². The van der Waals surface area contributed by atoms with Crippen LogP contribution in [0.15, 0.2) is 24.3 Å². The fourth-order valence-electron chi connectivity index (χ4n) is 2.16. The summed E-state index contributed by atoms with van der Waals surface area (Å²) in [5.74, 6) is 0.0256. The van der Waals surface area contributed by atoms with Crippen molar-refractivity contribution in [1.82, 2.24) is 4.98 Å². The largest absolute Gasteiger partial charge is 0.377 e. The van der Waals surface area contributed by atoms with E-state index in [2.05, 4.69) is 29.5 Å². The Morgan fingerprint density at radius 1 is 1.24 bits per heavy atom. The molecule has 2 rings (SSSR count). The molecule has 0 spiro atoms. The average molecular weight is 303 g/mol. The topological polar surface area (TPSA) is 54.0 Å². The Morgan fingerprint density at radius 2 is 1.86 bits per heavy atom. The van der Waals surface area contributed by atoms with Gasteiger partial charge >= 0.3 is 0 Å². The summed E-state index contributed by atoms with van der Waals surface area (Å²) in [5.41, 5.74) is 2.93. The zero-order chi connectivity index (χ0) is 15.4. The Labute approximate surface area is 129 Å². The molecule has 0 fully saturated rings. The molecule has 1 atom stereocenters. The minimum atomic E-state index is 0.0256. The van der Waals surface area contributed by atoms with Crippen molar-refractivity contribution < 1.29 is 4.79 Å². The molecule has 1 unspecified atom stereocenters. The molecule has 0 bridgehead atoms. The van der Waals surface area contributed by atoms with Crippen LogP contribution in [-0.2, 0) is 4.79 Å². The number of hydrogen-bond acceptors (Lipinski definition) is 4. The Balaban J connectivity index is 2.03. The number of aromatic nitrogens is 1. The van der Waals surface area contributed by atoms with Gasteiger partial charge in [-0.05, 0) is 45.0 Å². The predicted molar refractivity (Wildman–Crippen MR) is 89.0 cm³/mol. The highest BCUT2D eigenvalue weighted by Gasteiger charge is 2.12. The third-order valence-electron chi connectivity index (χ3n) is 3.22. The number of amides is 1. The maximum absolute atomic E-state index is 11.3. The van der Waals surface area contributed by atoms with E-state index in [4.69, 9.17) is 0 Å². The van der Waals surface area contributed by atoms with Crippen LogP contribution < -0.4 is 10.6 Å². The molecule has 112 valence electrons. The minimum absolute atomic E-state index is 0.0256. The highest BCUT2D eigenvalue weighted by molar-refractivity contribution is 7.11. The van der Waals surface area contributed by atoms with Crippen molar-refractivity contribution in [2.24, 2.45) is 0 Å². The molecule has 1 aromatic carbocycles. The Kier molecular flexibility index (Phi) is 4.96. The third-order valence-corrected chi connectivity index (χ3v) is 4.12. The fourth-order valence-corrected chi connectivity index (χ4v) is 3.08. The summed E-state index contributed by atoms with van der Waals surface area (Å²) in [5, 5.41) is 7.37. The maximum atomic E-state index is 11.3. The summed E-state index contributed by atoms with van der Waals surface area (Å²) in [4.78, 5) is 17.2. The molecule has 0 saturated carbocycles. The molecule has 4 nitrogen and oxygen atoms in total. The first-order valence-electron chi connectivity index (χ1n) is 7.10. The summed E-state index contributed by atoms with van der Waals surface area (Å²) in [6.45, 7) is 8.07. The van der Waals surface area contributed by atoms with Crippen LogP contribution in [0.5, 0.6) is 0 Å². The van der Waals surface area contributed by atoms with Crippen molar-refractivity contribution in [3.05, 3.63) is 39.8 Å². The minimum Gasteiger partial charge on any atom is -0.377 e. The first kappa shape index (κ1) is 15.5. The van der Waals surface area contributed by atoms with Gasteiger partial charge in [0, 0.05) is 22.7 Å². The van der Waals surface area contributed by atoms with Gasteiger partial charge in [-0.15, -0.1) is 11.3 Å². The van der Waals surface area contributed by atoms with Gasteiger partial charge in [-0.1, -0.05) is 6.92 Å². The molecule has 5 heteroatoms. The molecular formula is C16H21N3OS. The predicted octanol–water partition coefficient (Wildman–Crippen LogP) is 4.28. The average Bonchev–Trinajstić information content (AvgIpc) is 2.80. The number of benzene rings is 1. The van der Waals surface area contributed by atoms with Crippen LogP contribution in [0.1, 0.15) is 41.9 Å². The molecule has 1 amide bonds. The molecule has 21 heavy (non-hydrogen) atoms. The van der Waals surface area contributed by atoms with Crippen LogP contribution in [0.25, 0.3) is 0 Å². The molecule has 1 aromatic heterocycles. The second kappa shape index (κ2) is 6.72. The van der Waals surface area contributed by atoms with E-state index < -0.39 is 0 Å². The number of aryl methyl sites for hydroxylation is 2. The smallest absolute Gasteiger partial charge is 0.224 e. The number of carbonyl (C=O) groups excluding carboxylic acids is 1. The molecule has 2 aromatic rings. The maximum Gasteiger partial charge on any atom is 0.224 e. The molecule has 0 aliphatic rings. The molecule has 2 N–H and O–H groups in total. The van der Waals surface area contributed by atoms with Gasteiger partial charge in [0.15, 0.2) is 0 Å². The lowest BCUT2D eigenvalue weighted by molar-refractivity contribution is -0.115. The van der Waals surface area contributed by atoms with Crippen LogP contribution in [0.4, 0.5) is 11.4 Å². The lowest BCUT2D eigenvalue weighted by Gasteiger charge is -2.14.